The van der Waals surface area contributed by atoms with Crippen molar-refractivity contribution in [2.75, 3.05) is 26.8 Å². The standard InChI is InChI=1S/C23H32N2O3S/c1-4-5-11-22(26)24(14-15-28-3)18-23(27)25(16-20-9-7-6-8-10-20)17-21-13-12-19(2)29-21/h6-10,12-13H,4-5,11,14-18H2,1-3H3. The van der Waals surface area contributed by atoms with Crippen LogP contribution < -0.4 is 0 Å². The van der Waals surface area contributed by atoms with Crippen LogP contribution >= 0.6 is 11.3 Å². The van der Waals surface area contributed by atoms with Crippen LogP contribution in [0.5, 0.6) is 0 Å². The molecule has 0 saturated heterocycles. The van der Waals surface area contributed by atoms with Gasteiger partial charge in [0.2, 0.25) is 11.8 Å². The molecule has 1 aromatic heterocycles. The lowest BCUT2D eigenvalue weighted by atomic mass is 10.2. The van der Waals surface area contributed by atoms with E-state index in [-0.39, 0.29) is 18.4 Å². The van der Waals surface area contributed by atoms with Crippen LogP contribution in [-0.2, 0) is 27.4 Å². The van der Waals surface area contributed by atoms with Gasteiger partial charge in [0, 0.05) is 36.4 Å². The number of nitrogens with zero attached hydrogens (tertiary/aromatic N) is 2. The van der Waals surface area contributed by atoms with Crippen molar-refractivity contribution in [1.29, 1.82) is 0 Å². The van der Waals surface area contributed by atoms with Gasteiger partial charge in [-0.2, -0.15) is 0 Å². The number of benzene rings is 1. The number of carbonyl (C=O) groups excluding carboxylic acids is 2. The molecule has 0 bridgehead atoms. The normalized spacial score (nSPS) is 10.7. The van der Waals surface area contributed by atoms with Crippen molar-refractivity contribution >= 4 is 23.2 Å². The fraction of sp³-hybridized carbons (Fsp3) is 0.478. The molecule has 29 heavy (non-hydrogen) atoms. The Hall–Kier alpha value is -2.18. The van der Waals surface area contributed by atoms with Crippen LogP contribution in [0.25, 0.3) is 0 Å². The van der Waals surface area contributed by atoms with E-state index < -0.39 is 0 Å². The van der Waals surface area contributed by atoms with Gasteiger partial charge in [-0.1, -0.05) is 43.7 Å². The third-order valence-corrected chi connectivity index (χ3v) is 5.69. The molecule has 2 aromatic rings. The van der Waals surface area contributed by atoms with Crippen molar-refractivity contribution in [3.63, 3.8) is 0 Å². The molecule has 1 heterocycles. The Morgan fingerprint density at radius 2 is 1.76 bits per heavy atom. The molecule has 0 N–H and O–H groups in total. The number of ether oxygens (including phenoxy) is 1. The van der Waals surface area contributed by atoms with E-state index in [2.05, 4.69) is 26.0 Å². The Morgan fingerprint density at radius 1 is 1.00 bits per heavy atom. The summed E-state index contributed by atoms with van der Waals surface area (Å²) in [4.78, 5) is 31.6. The predicted octanol–water partition coefficient (Wildman–Crippen LogP) is 4.25. The van der Waals surface area contributed by atoms with Crippen molar-refractivity contribution < 1.29 is 14.3 Å². The number of amides is 2. The molecule has 0 saturated carbocycles. The molecule has 0 aliphatic rings. The van der Waals surface area contributed by atoms with Gasteiger partial charge in [0.1, 0.15) is 0 Å². The quantitative estimate of drug-likeness (QED) is 0.520. The minimum Gasteiger partial charge on any atom is -0.383 e. The molecular formula is C23H32N2O3S. The maximum atomic E-state index is 13.2. The van der Waals surface area contributed by atoms with E-state index in [4.69, 9.17) is 4.74 Å². The van der Waals surface area contributed by atoms with Crippen LogP contribution in [0, 0.1) is 6.92 Å². The molecule has 0 spiro atoms. The Labute approximate surface area is 178 Å². The summed E-state index contributed by atoms with van der Waals surface area (Å²) in [5.41, 5.74) is 1.08. The van der Waals surface area contributed by atoms with Crippen molar-refractivity contribution in [3.8, 4) is 0 Å². The topological polar surface area (TPSA) is 49.9 Å². The highest BCUT2D eigenvalue weighted by atomic mass is 32.1. The van der Waals surface area contributed by atoms with Gasteiger partial charge < -0.3 is 14.5 Å². The number of hydrogen-bond donors (Lipinski definition) is 0. The molecular weight excluding hydrogens is 384 g/mol. The molecule has 6 heteroatoms. The molecule has 0 atom stereocenters. The van der Waals surface area contributed by atoms with Crippen molar-refractivity contribution in [3.05, 3.63) is 57.8 Å². The van der Waals surface area contributed by atoms with Crippen LogP contribution in [0.2, 0.25) is 0 Å². The minimum absolute atomic E-state index is 0.0175. The number of unbranched alkanes of at least 4 members (excludes halogenated alkanes) is 1. The number of methoxy groups -OCH3 is 1. The van der Waals surface area contributed by atoms with E-state index in [0.29, 0.717) is 32.7 Å². The summed E-state index contributed by atoms with van der Waals surface area (Å²) >= 11 is 1.70. The highest BCUT2D eigenvalue weighted by molar-refractivity contribution is 7.11. The molecule has 0 unspecified atom stereocenters. The van der Waals surface area contributed by atoms with E-state index in [9.17, 15) is 9.59 Å². The lowest BCUT2D eigenvalue weighted by Gasteiger charge is -2.27. The van der Waals surface area contributed by atoms with Gasteiger partial charge in [0.15, 0.2) is 0 Å². The summed E-state index contributed by atoms with van der Waals surface area (Å²) < 4.78 is 5.15. The molecule has 158 valence electrons. The van der Waals surface area contributed by atoms with E-state index in [1.807, 2.05) is 35.2 Å². The van der Waals surface area contributed by atoms with E-state index in [1.165, 1.54) is 4.88 Å². The zero-order valence-corrected chi connectivity index (χ0v) is 18.5. The van der Waals surface area contributed by atoms with Gasteiger partial charge in [-0.15, -0.1) is 11.3 Å². The molecule has 0 aliphatic heterocycles. The largest absolute Gasteiger partial charge is 0.383 e. The molecule has 2 rings (SSSR count). The molecule has 0 aliphatic carbocycles. The summed E-state index contributed by atoms with van der Waals surface area (Å²) in [5.74, 6) is -0.0234. The first kappa shape index (κ1) is 23.1. The maximum Gasteiger partial charge on any atom is 0.242 e. The first-order chi connectivity index (χ1) is 14.0. The van der Waals surface area contributed by atoms with E-state index >= 15 is 0 Å². The highest BCUT2D eigenvalue weighted by Crippen LogP contribution is 2.19. The third kappa shape index (κ3) is 7.99. The van der Waals surface area contributed by atoms with Crippen molar-refractivity contribution in [2.24, 2.45) is 0 Å². The van der Waals surface area contributed by atoms with E-state index in [0.717, 1.165) is 23.3 Å². The van der Waals surface area contributed by atoms with Crippen molar-refractivity contribution in [2.45, 2.75) is 46.2 Å². The first-order valence-corrected chi connectivity index (χ1v) is 11.0. The second-order valence-electron chi connectivity index (χ2n) is 7.16. The fourth-order valence-corrected chi connectivity index (χ4v) is 3.94. The van der Waals surface area contributed by atoms with Gasteiger partial charge in [-0.3, -0.25) is 9.59 Å². The van der Waals surface area contributed by atoms with Gasteiger partial charge in [-0.25, -0.2) is 0 Å². The van der Waals surface area contributed by atoms with E-state index in [1.54, 1.807) is 23.3 Å². The van der Waals surface area contributed by atoms with Gasteiger partial charge in [0.25, 0.3) is 0 Å². The summed E-state index contributed by atoms with van der Waals surface area (Å²) in [6.45, 7) is 6.14. The lowest BCUT2D eigenvalue weighted by molar-refractivity contribution is -0.141. The summed E-state index contributed by atoms with van der Waals surface area (Å²) in [6.07, 6.45) is 2.25. The lowest BCUT2D eigenvalue weighted by Crippen LogP contribution is -2.43. The summed E-state index contributed by atoms with van der Waals surface area (Å²) in [5, 5.41) is 0. The van der Waals surface area contributed by atoms with Crippen molar-refractivity contribution in [1.82, 2.24) is 9.80 Å². The zero-order chi connectivity index (χ0) is 21.1. The van der Waals surface area contributed by atoms with Gasteiger partial charge in [-0.05, 0) is 31.0 Å². The maximum absolute atomic E-state index is 13.2. The Balaban J connectivity index is 2.13. The average Bonchev–Trinajstić information content (AvgIpc) is 3.14. The second kappa shape index (κ2) is 12.4. The Kier molecular flexibility index (Phi) is 9.88. The van der Waals surface area contributed by atoms with Gasteiger partial charge in [0.05, 0.1) is 19.7 Å². The number of thiophene rings is 1. The summed E-state index contributed by atoms with van der Waals surface area (Å²) in [6, 6.07) is 14.1. The van der Waals surface area contributed by atoms with Crippen LogP contribution in [0.4, 0.5) is 0 Å². The number of rotatable bonds is 12. The number of carbonyl (C=O) groups is 2. The monoisotopic (exact) mass is 416 g/mol. The predicted molar refractivity (Wildman–Crippen MR) is 118 cm³/mol. The molecule has 0 radical (unpaired) electrons. The number of aryl methyl sites for hydroxylation is 1. The molecule has 5 nitrogen and oxygen atoms in total. The second-order valence-corrected chi connectivity index (χ2v) is 8.53. The zero-order valence-electron chi connectivity index (χ0n) is 17.7. The molecule has 1 aromatic carbocycles. The minimum atomic E-state index is -0.0409. The van der Waals surface area contributed by atoms with Gasteiger partial charge >= 0.3 is 0 Å². The third-order valence-electron chi connectivity index (χ3n) is 4.70. The molecule has 2 amide bonds. The SMILES string of the molecule is CCCCC(=O)N(CCOC)CC(=O)N(Cc1ccccc1)Cc1ccc(C)s1. The summed E-state index contributed by atoms with van der Waals surface area (Å²) in [7, 11) is 1.61. The first-order valence-electron chi connectivity index (χ1n) is 10.2. The smallest absolute Gasteiger partial charge is 0.242 e. The fourth-order valence-electron chi connectivity index (χ4n) is 3.04. The highest BCUT2D eigenvalue weighted by Gasteiger charge is 2.22. The Bertz CT molecular complexity index is 760. The Morgan fingerprint density at radius 3 is 2.38 bits per heavy atom. The van der Waals surface area contributed by atoms with Crippen LogP contribution in [0.1, 0.15) is 41.5 Å². The van der Waals surface area contributed by atoms with Crippen LogP contribution in [0.15, 0.2) is 42.5 Å². The van der Waals surface area contributed by atoms with Crippen LogP contribution in [0.3, 0.4) is 0 Å². The molecule has 0 fully saturated rings. The average molecular weight is 417 g/mol. The van der Waals surface area contributed by atoms with Crippen LogP contribution in [-0.4, -0.2) is 48.4 Å². The number of hydrogen-bond acceptors (Lipinski definition) is 4.